The van der Waals surface area contributed by atoms with E-state index in [-0.39, 0.29) is 5.78 Å². The number of nitrogens with one attached hydrogen (secondary N) is 1. The van der Waals surface area contributed by atoms with Gasteiger partial charge in [-0.05, 0) is 12.1 Å². The van der Waals surface area contributed by atoms with E-state index >= 15 is 0 Å². The average molecular weight is 163 g/mol. The first-order chi connectivity index (χ1) is 5.81. The molecule has 4 heteroatoms. The van der Waals surface area contributed by atoms with E-state index in [9.17, 15) is 4.79 Å². The molecular formula is C8H9N3O. The zero-order valence-corrected chi connectivity index (χ0v) is 6.74. The van der Waals surface area contributed by atoms with Crippen LogP contribution in [-0.4, -0.2) is 20.4 Å². The Balaban J connectivity index is 2.51. The van der Waals surface area contributed by atoms with Crippen LogP contribution in [0.25, 0.3) is 5.65 Å². The van der Waals surface area contributed by atoms with Crippen molar-refractivity contribution in [2.45, 2.75) is 13.3 Å². The van der Waals surface area contributed by atoms with Gasteiger partial charge in [0.25, 0.3) is 0 Å². The smallest absolute Gasteiger partial charge is 0.199 e. The lowest BCUT2D eigenvalue weighted by Crippen LogP contribution is -1.99. The van der Waals surface area contributed by atoms with E-state index in [0.29, 0.717) is 12.2 Å². The van der Waals surface area contributed by atoms with Gasteiger partial charge in [-0.1, -0.05) is 6.92 Å². The first-order valence-electron chi connectivity index (χ1n) is 3.87. The van der Waals surface area contributed by atoms with E-state index in [0.717, 1.165) is 5.65 Å². The van der Waals surface area contributed by atoms with E-state index in [4.69, 9.17) is 0 Å². The number of H-pyrrole nitrogens is 1. The highest BCUT2D eigenvalue weighted by molar-refractivity contribution is 5.92. The molecule has 0 aliphatic carbocycles. The Morgan fingerprint density at radius 2 is 2.58 bits per heavy atom. The van der Waals surface area contributed by atoms with Crippen LogP contribution in [0.4, 0.5) is 0 Å². The van der Waals surface area contributed by atoms with Crippen LogP contribution in [0.5, 0.6) is 0 Å². The van der Waals surface area contributed by atoms with Crippen molar-refractivity contribution in [3.63, 3.8) is 0 Å². The molecule has 2 rings (SSSR count). The van der Waals surface area contributed by atoms with Gasteiger partial charge in [-0.15, -0.1) is 0 Å². The van der Waals surface area contributed by atoms with Crippen LogP contribution in [0.1, 0.15) is 24.0 Å². The monoisotopic (exact) mass is 163 g/mol. The average Bonchev–Trinajstić information content (AvgIpc) is 2.60. The molecule has 0 saturated carbocycles. The molecule has 0 aliphatic heterocycles. The third kappa shape index (κ3) is 0.922. The van der Waals surface area contributed by atoms with Crippen LogP contribution < -0.4 is 0 Å². The minimum Gasteiger partial charge on any atom is -0.291 e. The minimum atomic E-state index is 0.0405. The number of hydrogen-bond acceptors (Lipinski definition) is 2. The lowest BCUT2D eigenvalue weighted by Gasteiger charge is -1.87. The summed E-state index contributed by atoms with van der Waals surface area (Å²) in [7, 11) is 0. The van der Waals surface area contributed by atoms with E-state index in [2.05, 4.69) is 10.1 Å². The number of carbonyl (C=O) groups is 1. The maximum atomic E-state index is 11.2. The largest absolute Gasteiger partial charge is 0.291 e. The second-order valence-corrected chi connectivity index (χ2v) is 2.59. The fourth-order valence-corrected chi connectivity index (χ4v) is 1.10. The van der Waals surface area contributed by atoms with E-state index in [1.807, 2.05) is 25.3 Å². The summed E-state index contributed by atoms with van der Waals surface area (Å²) in [5.74, 6) is 0.479. The molecule has 2 aromatic rings. The molecule has 0 radical (unpaired) electrons. The second kappa shape index (κ2) is 2.48. The fourth-order valence-electron chi connectivity index (χ4n) is 1.10. The topological polar surface area (TPSA) is 50.2 Å². The number of fused-ring (bicyclic) bond motifs is 1. The van der Waals surface area contributed by atoms with Crippen LogP contribution >= 0.6 is 0 Å². The van der Waals surface area contributed by atoms with Gasteiger partial charge in [-0.2, -0.15) is 0 Å². The molecule has 2 heterocycles. The summed E-state index contributed by atoms with van der Waals surface area (Å²) < 4.78 is 1.73. The number of nitrogens with zero attached hydrogens (tertiary/aromatic N) is 2. The van der Waals surface area contributed by atoms with Crippen molar-refractivity contribution in [1.82, 2.24) is 14.6 Å². The number of rotatable bonds is 2. The molecule has 4 nitrogen and oxygen atoms in total. The fraction of sp³-hybridized carbons (Fsp3) is 0.250. The number of aromatic nitrogens is 3. The third-order valence-corrected chi connectivity index (χ3v) is 1.77. The van der Waals surface area contributed by atoms with Crippen LogP contribution in [-0.2, 0) is 0 Å². The molecule has 62 valence electrons. The van der Waals surface area contributed by atoms with Crippen molar-refractivity contribution in [2.24, 2.45) is 0 Å². The molecule has 0 saturated heterocycles. The molecule has 0 aliphatic rings. The van der Waals surface area contributed by atoms with Crippen molar-refractivity contribution >= 4 is 11.4 Å². The highest BCUT2D eigenvalue weighted by atomic mass is 16.1. The number of hydrogen-bond donors (Lipinski definition) is 1. The van der Waals surface area contributed by atoms with Crippen LogP contribution in [0.2, 0.25) is 0 Å². The van der Waals surface area contributed by atoms with Gasteiger partial charge in [0.2, 0.25) is 0 Å². The summed E-state index contributed by atoms with van der Waals surface area (Å²) >= 11 is 0. The zero-order chi connectivity index (χ0) is 8.55. The predicted molar refractivity (Wildman–Crippen MR) is 44.2 cm³/mol. The first-order valence-corrected chi connectivity index (χ1v) is 3.87. The Labute approximate surface area is 69.2 Å². The maximum absolute atomic E-state index is 11.2. The first kappa shape index (κ1) is 7.09. The molecule has 1 N–H and O–H groups in total. The van der Waals surface area contributed by atoms with Crippen molar-refractivity contribution < 1.29 is 4.79 Å². The Morgan fingerprint density at radius 1 is 1.75 bits per heavy atom. The van der Waals surface area contributed by atoms with Gasteiger partial charge in [-0.3, -0.25) is 9.89 Å². The molecule has 0 aromatic carbocycles. The van der Waals surface area contributed by atoms with Crippen molar-refractivity contribution in [3.05, 3.63) is 24.2 Å². The van der Waals surface area contributed by atoms with Gasteiger partial charge >= 0.3 is 0 Å². The maximum Gasteiger partial charge on any atom is 0.199 e. The van der Waals surface area contributed by atoms with Gasteiger partial charge in [0.1, 0.15) is 0 Å². The Bertz CT molecular complexity index is 384. The minimum absolute atomic E-state index is 0.0405. The van der Waals surface area contributed by atoms with Crippen LogP contribution in [0, 0.1) is 0 Å². The summed E-state index contributed by atoms with van der Waals surface area (Å²) in [6, 6.07) is 3.72. The summed E-state index contributed by atoms with van der Waals surface area (Å²) in [4.78, 5) is 15.3. The highest BCUT2D eigenvalue weighted by Crippen LogP contribution is 2.02. The molecule has 0 amide bonds. The summed E-state index contributed by atoms with van der Waals surface area (Å²) in [6.07, 6.45) is 2.31. The molecule has 0 spiro atoms. The number of ketones is 1. The normalized spacial score (nSPS) is 10.8. The van der Waals surface area contributed by atoms with E-state index in [1.165, 1.54) is 0 Å². The lowest BCUT2D eigenvalue weighted by atomic mass is 10.3. The quantitative estimate of drug-likeness (QED) is 0.677. The summed E-state index contributed by atoms with van der Waals surface area (Å²) in [5.41, 5.74) is 0.784. The number of carbonyl (C=O) groups excluding carboxylic acids is 1. The molecule has 0 atom stereocenters. The van der Waals surface area contributed by atoms with Crippen LogP contribution in [0.15, 0.2) is 18.3 Å². The molecule has 0 bridgehead atoms. The van der Waals surface area contributed by atoms with Crippen molar-refractivity contribution in [2.75, 3.05) is 0 Å². The number of Topliss-reactive ketones (excluding diaryl/α,β-unsaturated/α-hetero) is 1. The summed E-state index contributed by atoms with van der Waals surface area (Å²) in [6.45, 7) is 1.82. The molecule has 0 fully saturated rings. The van der Waals surface area contributed by atoms with E-state index < -0.39 is 0 Å². The molecular weight excluding hydrogens is 154 g/mol. The Kier molecular flexibility index (Phi) is 1.46. The van der Waals surface area contributed by atoms with Gasteiger partial charge in [0.15, 0.2) is 17.3 Å². The Hall–Kier alpha value is -1.58. The van der Waals surface area contributed by atoms with Gasteiger partial charge in [0, 0.05) is 12.6 Å². The van der Waals surface area contributed by atoms with E-state index in [1.54, 1.807) is 4.52 Å². The molecule has 12 heavy (non-hydrogen) atoms. The SMILES string of the molecule is CCC(=O)c1nc2cccn2[nH]1. The zero-order valence-electron chi connectivity index (χ0n) is 6.74. The molecule has 0 unspecified atom stereocenters. The van der Waals surface area contributed by atoms with Crippen molar-refractivity contribution in [1.29, 1.82) is 0 Å². The van der Waals surface area contributed by atoms with Crippen molar-refractivity contribution in [3.8, 4) is 0 Å². The third-order valence-electron chi connectivity index (χ3n) is 1.77. The predicted octanol–water partition coefficient (Wildman–Crippen LogP) is 1.26. The summed E-state index contributed by atoms with van der Waals surface area (Å²) in [5, 5.41) is 2.88. The lowest BCUT2D eigenvalue weighted by molar-refractivity contribution is 0.0978. The Morgan fingerprint density at radius 3 is 3.25 bits per heavy atom. The van der Waals surface area contributed by atoms with Gasteiger partial charge in [-0.25, -0.2) is 9.50 Å². The highest BCUT2D eigenvalue weighted by Gasteiger charge is 2.07. The van der Waals surface area contributed by atoms with Gasteiger partial charge in [0.05, 0.1) is 0 Å². The second-order valence-electron chi connectivity index (χ2n) is 2.59. The van der Waals surface area contributed by atoms with Gasteiger partial charge < -0.3 is 0 Å². The van der Waals surface area contributed by atoms with Crippen LogP contribution in [0.3, 0.4) is 0 Å². The number of aromatic amines is 1. The molecule has 2 aromatic heterocycles. The standard InChI is InChI=1S/C8H9N3O/c1-2-6(12)8-9-7-4-3-5-11(7)10-8/h3-5H,2H2,1H3,(H,9,10).